The van der Waals surface area contributed by atoms with Crippen molar-refractivity contribution in [3.63, 3.8) is 0 Å². The number of nitrogens with one attached hydrogen (secondary N) is 1. The van der Waals surface area contributed by atoms with Crippen molar-refractivity contribution in [2.45, 2.75) is 89.3 Å². The predicted octanol–water partition coefficient (Wildman–Crippen LogP) is 3.56. The summed E-state index contributed by atoms with van der Waals surface area (Å²) in [5.41, 5.74) is 0. The number of hydrogen-bond donors (Lipinski definition) is 1. The second-order valence-corrected chi connectivity index (χ2v) is 7.01. The Morgan fingerprint density at radius 3 is 2.53 bits per heavy atom. The monoisotopic (exact) mass is 264 g/mol. The van der Waals surface area contributed by atoms with Gasteiger partial charge in [-0.3, -0.25) is 4.90 Å². The minimum atomic E-state index is 0.770. The Bertz CT molecular complexity index is 278. The molecule has 4 unspecified atom stereocenters. The lowest BCUT2D eigenvalue weighted by atomic mass is 9.88. The van der Waals surface area contributed by atoms with Gasteiger partial charge < -0.3 is 5.32 Å². The predicted molar refractivity (Wildman–Crippen MR) is 81.4 cm³/mol. The van der Waals surface area contributed by atoms with Crippen molar-refractivity contribution in [2.75, 3.05) is 13.1 Å². The maximum Gasteiger partial charge on any atom is 0.0252 e. The summed E-state index contributed by atoms with van der Waals surface area (Å²) in [6.45, 7) is 4.80. The summed E-state index contributed by atoms with van der Waals surface area (Å²) in [6, 6.07) is 2.55. The molecular weight excluding hydrogens is 232 g/mol. The molecule has 3 rings (SSSR count). The molecule has 0 aromatic rings. The molecule has 0 spiro atoms. The first kappa shape index (κ1) is 13.9. The molecule has 2 aliphatic carbocycles. The smallest absolute Gasteiger partial charge is 0.0252 e. The Kier molecular flexibility index (Phi) is 4.81. The standard InChI is InChI=1S/C17H32N2/c1-2-18-15-10-4-3-5-11-17(15)19-13-7-9-14-8-6-12-16(14)19/h14-18H,2-13H2,1H3. The average Bonchev–Trinajstić information content (AvgIpc) is 2.79. The van der Waals surface area contributed by atoms with E-state index in [1.165, 1.54) is 70.8 Å². The minimum Gasteiger partial charge on any atom is -0.313 e. The molecule has 2 heteroatoms. The number of hydrogen-bond acceptors (Lipinski definition) is 2. The van der Waals surface area contributed by atoms with E-state index >= 15 is 0 Å². The summed E-state index contributed by atoms with van der Waals surface area (Å²) in [4.78, 5) is 2.96. The molecule has 110 valence electrons. The van der Waals surface area contributed by atoms with Crippen LogP contribution in [0, 0.1) is 5.92 Å². The van der Waals surface area contributed by atoms with Crippen molar-refractivity contribution >= 4 is 0 Å². The van der Waals surface area contributed by atoms with E-state index in [1.807, 2.05) is 0 Å². The lowest BCUT2D eigenvalue weighted by Gasteiger charge is -2.45. The molecule has 19 heavy (non-hydrogen) atoms. The van der Waals surface area contributed by atoms with Gasteiger partial charge in [-0.25, -0.2) is 0 Å². The Hall–Kier alpha value is -0.0800. The number of likely N-dealkylation sites (N-methyl/N-ethyl adjacent to an activating group) is 1. The van der Waals surface area contributed by atoms with E-state index < -0.39 is 0 Å². The van der Waals surface area contributed by atoms with E-state index in [0.717, 1.165) is 30.6 Å². The van der Waals surface area contributed by atoms with Crippen LogP contribution in [-0.2, 0) is 0 Å². The molecule has 0 amide bonds. The third-order valence-electron chi connectivity index (χ3n) is 5.91. The van der Waals surface area contributed by atoms with Crippen LogP contribution in [0.3, 0.4) is 0 Å². The van der Waals surface area contributed by atoms with E-state index in [4.69, 9.17) is 0 Å². The van der Waals surface area contributed by atoms with Crippen LogP contribution in [0.4, 0.5) is 0 Å². The quantitative estimate of drug-likeness (QED) is 0.784. The zero-order chi connectivity index (χ0) is 13.1. The highest BCUT2D eigenvalue weighted by molar-refractivity contribution is 4.96. The fourth-order valence-corrected chi connectivity index (χ4v) is 5.09. The van der Waals surface area contributed by atoms with Crippen molar-refractivity contribution in [1.82, 2.24) is 10.2 Å². The van der Waals surface area contributed by atoms with Gasteiger partial charge in [-0.15, -0.1) is 0 Å². The van der Waals surface area contributed by atoms with Crippen molar-refractivity contribution in [1.29, 1.82) is 0 Å². The molecule has 0 aromatic carbocycles. The third kappa shape index (κ3) is 3.00. The highest BCUT2D eigenvalue weighted by Crippen LogP contribution is 2.39. The Morgan fingerprint density at radius 1 is 0.842 bits per heavy atom. The Labute approximate surface area is 119 Å². The highest BCUT2D eigenvalue weighted by atomic mass is 15.2. The van der Waals surface area contributed by atoms with E-state index in [9.17, 15) is 0 Å². The van der Waals surface area contributed by atoms with E-state index in [-0.39, 0.29) is 0 Å². The Balaban J connectivity index is 1.72. The SMILES string of the molecule is CCNC1CCCCCC1N1CCCC2CCCC21. The van der Waals surface area contributed by atoms with Crippen molar-refractivity contribution < 1.29 is 0 Å². The third-order valence-corrected chi connectivity index (χ3v) is 5.91. The fourth-order valence-electron chi connectivity index (χ4n) is 5.09. The second kappa shape index (κ2) is 6.58. The molecule has 0 aromatic heterocycles. The molecule has 4 atom stereocenters. The molecule has 1 aliphatic heterocycles. The van der Waals surface area contributed by atoms with Gasteiger partial charge in [0, 0.05) is 18.1 Å². The average molecular weight is 264 g/mol. The summed E-state index contributed by atoms with van der Waals surface area (Å²) in [5.74, 6) is 1.04. The number of nitrogens with zero attached hydrogens (tertiary/aromatic N) is 1. The number of likely N-dealkylation sites (tertiary alicyclic amines) is 1. The number of piperidine rings is 1. The first-order valence-electron chi connectivity index (χ1n) is 8.89. The van der Waals surface area contributed by atoms with Crippen LogP contribution in [0.1, 0.15) is 71.1 Å². The summed E-state index contributed by atoms with van der Waals surface area (Å²) in [7, 11) is 0. The Morgan fingerprint density at radius 2 is 1.63 bits per heavy atom. The summed E-state index contributed by atoms with van der Waals surface area (Å²) >= 11 is 0. The first-order chi connectivity index (χ1) is 9.40. The van der Waals surface area contributed by atoms with Crippen molar-refractivity contribution in [2.24, 2.45) is 5.92 Å². The van der Waals surface area contributed by atoms with Gasteiger partial charge >= 0.3 is 0 Å². The first-order valence-corrected chi connectivity index (χ1v) is 8.89. The molecule has 1 heterocycles. The van der Waals surface area contributed by atoms with Gasteiger partial charge in [-0.05, 0) is 57.5 Å². The topological polar surface area (TPSA) is 15.3 Å². The molecule has 1 N–H and O–H groups in total. The maximum absolute atomic E-state index is 3.81. The van der Waals surface area contributed by atoms with Crippen molar-refractivity contribution in [3.8, 4) is 0 Å². The zero-order valence-electron chi connectivity index (χ0n) is 12.7. The zero-order valence-corrected chi connectivity index (χ0v) is 12.7. The number of fused-ring (bicyclic) bond motifs is 1. The lowest BCUT2D eigenvalue weighted by molar-refractivity contribution is 0.0456. The van der Waals surface area contributed by atoms with Crippen LogP contribution in [-0.4, -0.2) is 36.1 Å². The summed E-state index contributed by atoms with van der Waals surface area (Å²) < 4.78 is 0. The lowest BCUT2D eigenvalue weighted by Crippen LogP contribution is -2.56. The van der Waals surface area contributed by atoms with Crippen LogP contribution < -0.4 is 5.32 Å². The largest absolute Gasteiger partial charge is 0.313 e. The number of rotatable bonds is 3. The summed E-state index contributed by atoms with van der Waals surface area (Å²) in [6.07, 6.45) is 14.7. The highest BCUT2D eigenvalue weighted by Gasteiger charge is 2.40. The molecule has 2 nitrogen and oxygen atoms in total. The second-order valence-electron chi connectivity index (χ2n) is 7.01. The van der Waals surface area contributed by atoms with Gasteiger partial charge in [0.1, 0.15) is 0 Å². The molecule has 0 radical (unpaired) electrons. The van der Waals surface area contributed by atoms with Gasteiger partial charge in [0.2, 0.25) is 0 Å². The van der Waals surface area contributed by atoms with Gasteiger partial charge in [0.05, 0.1) is 0 Å². The molecule has 3 aliphatic rings. The molecule has 2 saturated carbocycles. The van der Waals surface area contributed by atoms with Gasteiger partial charge in [0.15, 0.2) is 0 Å². The molecule has 1 saturated heterocycles. The van der Waals surface area contributed by atoms with Crippen LogP contribution in [0.5, 0.6) is 0 Å². The normalized spacial score (nSPS) is 40.9. The van der Waals surface area contributed by atoms with Gasteiger partial charge in [-0.2, -0.15) is 0 Å². The van der Waals surface area contributed by atoms with Gasteiger partial charge in [-0.1, -0.05) is 32.6 Å². The van der Waals surface area contributed by atoms with E-state index in [0.29, 0.717) is 0 Å². The maximum atomic E-state index is 3.81. The van der Waals surface area contributed by atoms with Crippen LogP contribution in [0.15, 0.2) is 0 Å². The van der Waals surface area contributed by atoms with Crippen LogP contribution in [0.25, 0.3) is 0 Å². The van der Waals surface area contributed by atoms with Gasteiger partial charge in [0.25, 0.3) is 0 Å². The molecule has 0 bridgehead atoms. The minimum absolute atomic E-state index is 0.770. The fraction of sp³-hybridized carbons (Fsp3) is 1.00. The molecule has 3 fully saturated rings. The van der Waals surface area contributed by atoms with Crippen molar-refractivity contribution in [3.05, 3.63) is 0 Å². The van der Waals surface area contributed by atoms with E-state index in [1.54, 1.807) is 0 Å². The van der Waals surface area contributed by atoms with E-state index in [2.05, 4.69) is 17.1 Å². The van der Waals surface area contributed by atoms with Crippen LogP contribution >= 0.6 is 0 Å². The molecular formula is C17H32N2. The summed E-state index contributed by atoms with van der Waals surface area (Å²) in [5, 5.41) is 3.81. The van der Waals surface area contributed by atoms with Crippen LogP contribution in [0.2, 0.25) is 0 Å².